The van der Waals surface area contributed by atoms with Gasteiger partial charge in [0.1, 0.15) is 23.6 Å². The van der Waals surface area contributed by atoms with E-state index in [1.165, 1.54) is 19.2 Å². The maximum absolute atomic E-state index is 5.93. The van der Waals surface area contributed by atoms with Gasteiger partial charge in [-0.3, -0.25) is 0 Å². The summed E-state index contributed by atoms with van der Waals surface area (Å²) in [6.07, 6.45) is 5.69. The molecule has 6 heteroatoms. The van der Waals surface area contributed by atoms with Gasteiger partial charge < -0.3 is 14.0 Å². The van der Waals surface area contributed by atoms with Crippen LogP contribution >= 0.6 is 0 Å². The van der Waals surface area contributed by atoms with Gasteiger partial charge in [-0.15, -0.1) is 0 Å². The monoisotopic (exact) mass is 344 g/mol. The third kappa shape index (κ3) is 2.86. The van der Waals surface area contributed by atoms with Gasteiger partial charge in [0, 0.05) is 6.04 Å². The summed E-state index contributed by atoms with van der Waals surface area (Å²) >= 11 is 0. The van der Waals surface area contributed by atoms with Crippen molar-refractivity contribution in [2.75, 3.05) is 0 Å². The van der Waals surface area contributed by atoms with Gasteiger partial charge in [-0.1, -0.05) is 18.2 Å². The highest BCUT2D eigenvalue weighted by Gasteiger charge is 2.26. The molecule has 0 radical (unpaired) electrons. The average Bonchev–Trinajstić information content (AvgIpc) is 3.43. The molecular formula is C20H16N4O2. The molecule has 0 amide bonds. The molecule has 2 heterocycles. The van der Waals surface area contributed by atoms with Crippen LogP contribution in [0.3, 0.4) is 0 Å². The fourth-order valence-electron chi connectivity index (χ4n) is 2.84. The van der Waals surface area contributed by atoms with Crippen LogP contribution in [-0.4, -0.2) is 19.5 Å². The molecule has 1 aliphatic rings. The summed E-state index contributed by atoms with van der Waals surface area (Å²) in [5.41, 5.74) is 1.51. The second-order valence-electron chi connectivity index (χ2n) is 6.22. The van der Waals surface area contributed by atoms with Gasteiger partial charge in [0.15, 0.2) is 11.2 Å². The van der Waals surface area contributed by atoms with Gasteiger partial charge in [-0.25, -0.2) is 9.97 Å². The Bertz CT molecular complexity index is 1040. The van der Waals surface area contributed by atoms with E-state index in [1.54, 1.807) is 0 Å². The largest absolute Gasteiger partial charge is 0.457 e. The molecule has 6 nitrogen and oxygen atoms in total. The molecule has 0 N–H and O–H groups in total. The van der Waals surface area contributed by atoms with Crippen molar-refractivity contribution in [1.82, 2.24) is 19.5 Å². The van der Waals surface area contributed by atoms with Crippen LogP contribution < -0.4 is 9.47 Å². The first-order valence-corrected chi connectivity index (χ1v) is 8.55. The van der Waals surface area contributed by atoms with Crippen molar-refractivity contribution >= 4 is 11.2 Å². The molecule has 1 fully saturated rings. The predicted molar refractivity (Wildman–Crippen MR) is 96.6 cm³/mol. The van der Waals surface area contributed by atoms with Crippen LogP contribution in [0.15, 0.2) is 67.3 Å². The normalized spacial score (nSPS) is 13.7. The summed E-state index contributed by atoms with van der Waals surface area (Å²) in [7, 11) is 0. The standard InChI is InChI=1S/C20H16N4O2/c1-2-4-15(5-3-1)25-16-8-10-17(11-9-16)26-20-18-19(21-12-22-20)24(13-23-18)14-6-7-14/h1-5,8-14H,6-7H2. The van der Waals surface area contributed by atoms with Crippen molar-refractivity contribution in [2.24, 2.45) is 0 Å². The topological polar surface area (TPSA) is 62.1 Å². The number of imidazole rings is 1. The number of fused-ring (bicyclic) bond motifs is 1. The maximum Gasteiger partial charge on any atom is 0.250 e. The lowest BCUT2D eigenvalue weighted by atomic mass is 10.3. The van der Waals surface area contributed by atoms with E-state index in [1.807, 2.05) is 60.9 Å². The molecule has 1 saturated carbocycles. The van der Waals surface area contributed by atoms with Crippen LogP contribution in [0.25, 0.3) is 11.2 Å². The Labute approximate surface area is 150 Å². The predicted octanol–water partition coefficient (Wildman–Crippen LogP) is 4.75. The number of ether oxygens (including phenoxy) is 2. The van der Waals surface area contributed by atoms with Gasteiger partial charge in [0.2, 0.25) is 0 Å². The van der Waals surface area contributed by atoms with Gasteiger partial charge in [0.25, 0.3) is 5.88 Å². The van der Waals surface area contributed by atoms with E-state index >= 15 is 0 Å². The number of nitrogens with zero attached hydrogens (tertiary/aromatic N) is 4. The van der Waals surface area contributed by atoms with Gasteiger partial charge in [0.05, 0.1) is 6.33 Å². The molecule has 5 rings (SSSR count). The van der Waals surface area contributed by atoms with Crippen molar-refractivity contribution in [1.29, 1.82) is 0 Å². The summed E-state index contributed by atoms with van der Waals surface area (Å²) < 4.78 is 13.8. The van der Waals surface area contributed by atoms with Crippen molar-refractivity contribution < 1.29 is 9.47 Å². The van der Waals surface area contributed by atoms with Crippen LogP contribution in [0.4, 0.5) is 0 Å². The number of hydrogen-bond donors (Lipinski definition) is 0. The zero-order valence-electron chi connectivity index (χ0n) is 13.9. The molecule has 2 aromatic heterocycles. The third-order valence-electron chi connectivity index (χ3n) is 4.28. The summed E-state index contributed by atoms with van der Waals surface area (Å²) in [4.78, 5) is 13.0. The Morgan fingerprint density at radius 2 is 1.46 bits per heavy atom. The van der Waals surface area contributed by atoms with Crippen molar-refractivity contribution in [3.63, 3.8) is 0 Å². The van der Waals surface area contributed by atoms with E-state index in [9.17, 15) is 0 Å². The smallest absolute Gasteiger partial charge is 0.250 e. The molecule has 4 aromatic rings. The molecule has 0 aliphatic heterocycles. The van der Waals surface area contributed by atoms with Crippen LogP contribution in [0.1, 0.15) is 18.9 Å². The lowest BCUT2D eigenvalue weighted by molar-refractivity contribution is 0.459. The molecular weight excluding hydrogens is 328 g/mol. The van der Waals surface area contributed by atoms with E-state index in [4.69, 9.17) is 9.47 Å². The van der Waals surface area contributed by atoms with Gasteiger partial charge in [-0.05, 0) is 49.2 Å². The quantitative estimate of drug-likeness (QED) is 0.523. The van der Waals surface area contributed by atoms with E-state index in [2.05, 4.69) is 19.5 Å². The lowest BCUT2D eigenvalue weighted by Crippen LogP contribution is -1.95. The SMILES string of the molecule is c1ccc(Oc2ccc(Oc3ncnc4c3ncn4C3CC3)cc2)cc1. The highest BCUT2D eigenvalue weighted by molar-refractivity contribution is 5.76. The number of para-hydroxylation sites is 1. The molecule has 2 aromatic carbocycles. The number of rotatable bonds is 5. The second-order valence-corrected chi connectivity index (χ2v) is 6.22. The lowest BCUT2D eigenvalue weighted by Gasteiger charge is -2.08. The van der Waals surface area contributed by atoms with Crippen LogP contribution in [0, 0.1) is 0 Å². The Morgan fingerprint density at radius 3 is 2.19 bits per heavy atom. The van der Waals surface area contributed by atoms with Crippen LogP contribution in [-0.2, 0) is 0 Å². The summed E-state index contributed by atoms with van der Waals surface area (Å²) in [5, 5.41) is 0. The number of hydrogen-bond acceptors (Lipinski definition) is 5. The van der Waals surface area contributed by atoms with E-state index in [0.717, 1.165) is 17.1 Å². The summed E-state index contributed by atoms with van der Waals surface area (Å²) in [6.45, 7) is 0. The highest BCUT2D eigenvalue weighted by atomic mass is 16.5. The Balaban J connectivity index is 1.37. The highest BCUT2D eigenvalue weighted by Crippen LogP contribution is 2.38. The molecule has 0 atom stereocenters. The van der Waals surface area contributed by atoms with Crippen molar-refractivity contribution in [3.05, 3.63) is 67.3 Å². The molecule has 26 heavy (non-hydrogen) atoms. The molecule has 0 saturated heterocycles. The van der Waals surface area contributed by atoms with E-state index < -0.39 is 0 Å². The van der Waals surface area contributed by atoms with Gasteiger partial charge >= 0.3 is 0 Å². The summed E-state index contributed by atoms with van der Waals surface area (Å²) in [6, 6.07) is 17.6. The van der Waals surface area contributed by atoms with Crippen molar-refractivity contribution in [3.8, 4) is 23.1 Å². The number of aromatic nitrogens is 4. The molecule has 128 valence electrons. The van der Waals surface area contributed by atoms with E-state index in [0.29, 0.717) is 23.2 Å². The van der Waals surface area contributed by atoms with E-state index in [-0.39, 0.29) is 0 Å². The fourth-order valence-corrected chi connectivity index (χ4v) is 2.84. The van der Waals surface area contributed by atoms with Gasteiger partial charge in [-0.2, -0.15) is 4.98 Å². The van der Waals surface area contributed by atoms with Crippen molar-refractivity contribution in [2.45, 2.75) is 18.9 Å². The minimum Gasteiger partial charge on any atom is -0.457 e. The zero-order valence-corrected chi connectivity index (χ0v) is 13.9. The minimum atomic E-state index is 0.464. The molecule has 0 spiro atoms. The van der Waals surface area contributed by atoms with Crippen LogP contribution in [0.2, 0.25) is 0 Å². The Morgan fingerprint density at radius 1 is 0.769 bits per heavy atom. The van der Waals surface area contributed by atoms with Crippen LogP contribution in [0.5, 0.6) is 23.1 Å². The average molecular weight is 344 g/mol. The Hall–Kier alpha value is -3.41. The second kappa shape index (κ2) is 6.15. The first-order chi connectivity index (χ1) is 12.9. The Kier molecular flexibility index (Phi) is 3.52. The fraction of sp³-hybridized carbons (Fsp3) is 0.150. The molecule has 0 bridgehead atoms. The first kappa shape index (κ1) is 14.9. The zero-order chi connectivity index (χ0) is 17.3. The first-order valence-electron chi connectivity index (χ1n) is 8.55. The third-order valence-corrected chi connectivity index (χ3v) is 4.28. The number of benzene rings is 2. The maximum atomic E-state index is 5.93. The molecule has 1 aliphatic carbocycles. The molecule has 0 unspecified atom stereocenters. The minimum absolute atomic E-state index is 0.464. The summed E-state index contributed by atoms with van der Waals surface area (Å²) in [5.74, 6) is 2.68.